The second kappa shape index (κ2) is 6.32. The minimum Gasteiger partial charge on any atom is -0.389 e. The maximum Gasteiger partial charge on any atom is 0.238 e. The summed E-state index contributed by atoms with van der Waals surface area (Å²) in [5.41, 5.74) is 7.03. The molecule has 0 spiro atoms. The molecular formula is C12H17N3OS. The van der Waals surface area contributed by atoms with Gasteiger partial charge in [-0.3, -0.25) is 9.69 Å². The molecule has 4 nitrogen and oxygen atoms in total. The predicted molar refractivity (Wildman–Crippen MR) is 74.1 cm³/mol. The quantitative estimate of drug-likeness (QED) is 0.772. The molecule has 0 aliphatic heterocycles. The van der Waals surface area contributed by atoms with Gasteiger partial charge in [0.2, 0.25) is 5.91 Å². The first-order valence-electron chi connectivity index (χ1n) is 5.41. The number of anilines is 1. The summed E-state index contributed by atoms with van der Waals surface area (Å²) in [5.74, 6) is -0.0302. The molecule has 1 rings (SSSR count). The number of nitrogens with zero attached hydrogens (tertiary/aromatic N) is 1. The molecule has 0 aromatic heterocycles. The molecule has 0 saturated carbocycles. The molecule has 3 N–H and O–H groups in total. The Bertz CT molecular complexity index is 403. The van der Waals surface area contributed by atoms with E-state index in [1.54, 1.807) is 24.3 Å². The van der Waals surface area contributed by atoms with Crippen molar-refractivity contribution in [2.24, 2.45) is 5.73 Å². The fourth-order valence-corrected chi connectivity index (χ4v) is 1.41. The summed E-state index contributed by atoms with van der Waals surface area (Å²) in [4.78, 5) is 13.9. The second-order valence-corrected chi connectivity index (χ2v) is 4.26. The summed E-state index contributed by atoms with van der Waals surface area (Å²) < 4.78 is 0. The van der Waals surface area contributed by atoms with Gasteiger partial charge in [0.25, 0.3) is 0 Å². The van der Waals surface area contributed by atoms with Gasteiger partial charge in [-0.1, -0.05) is 19.1 Å². The van der Waals surface area contributed by atoms with Crippen molar-refractivity contribution in [1.82, 2.24) is 4.90 Å². The summed E-state index contributed by atoms with van der Waals surface area (Å²) in [7, 11) is 1.90. The molecule has 92 valence electrons. The summed E-state index contributed by atoms with van der Waals surface area (Å²) in [6.07, 6.45) is 0. The molecule has 0 saturated heterocycles. The van der Waals surface area contributed by atoms with Crippen LogP contribution in [-0.4, -0.2) is 35.9 Å². The van der Waals surface area contributed by atoms with E-state index in [4.69, 9.17) is 18.0 Å². The minimum absolute atomic E-state index is 0.0302. The van der Waals surface area contributed by atoms with Gasteiger partial charge in [0, 0.05) is 11.3 Å². The summed E-state index contributed by atoms with van der Waals surface area (Å²) in [5, 5.41) is 2.81. The lowest BCUT2D eigenvalue weighted by Gasteiger charge is -2.13. The molecule has 1 amide bonds. The number of carbonyl (C=O) groups is 1. The van der Waals surface area contributed by atoms with Crippen LogP contribution in [0.2, 0.25) is 0 Å². The van der Waals surface area contributed by atoms with E-state index in [0.717, 1.165) is 17.8 Å². The van der Waals surface area contributed by atoms with Crippen LogP contribution in [0.5, 0.6) is 0 Å². The normalized spacial score (nSPS) is 10.3. The van der Waals surface area contributed by atoms with Gasteiger partial charge in [0.1, 0.15) is 4.99 Å². The topological polar surface area (TPSA) is 58.4 Å². The number of carbonyl (C=O) groups excluding carboxylic acids is 1. The molecule has 0 unspecified atom stereocenters. The van der Waals surface area contributed by atoms with Crippen molar-refractivity contribution >= 4 is 28.8 Å². The molecule has 0 heterocycles. The van der Waals surface area contributed by atoms with Crippen LogP contribution >= 0.6 is 12.2 Å². The maximum atomic E-state index is 11.6. The molecule has 0 aliphatic carbocycles. The number of thiocarbonyl (C=S) groups is 1. The van der Waals surface area contributed by atoms with E-state index in [2.05, 4.69) is 5.32 Å². The Balaban J connectivity index is 2.57. The van der Waals surface area contributed by atoms with Gasteiger partial charge in [-0.05, 0) is 37.9 Å². The van der Waals surface area contributed by atoms with E-state index >= 15 is 0 Å². The van der Waals surface area contributed by atoms with Crippen LogP contribution in [0, 0.1) is 0 Å². The molecule has 1 aromatic rings. The highest BCUT2D eigenvalue weighted by Crippen LogP contribution is 2.09. The van der Waals surface area contributed by atoms with Crippen molar-refractivity contribution in [2.45, 2.75) is 6.92 Å². The van der Waals surface area contributed by atoms with E-state index < -0.39 is 0 Å². The number of nitrogens with two attached hydrogens (primary N) is 1. The first-order chi connectivity index (χ1) is 8.02. The van der Waals surface area contributed by atoms with Gasteiger partial charge in [0.15, 0.2) is 0 Å². The molecular weight excluding hydrogens is 234 g/mol. The summed E-state index contributed by atoms with van der Waals surface area (Å²) >= 11 is 4.85. The summed E-state index contributed by atoms with van der Waals surface area (Å²) in [6, 6.07) is 7.17. The van der Waals surface area contributed by atoms with Crippen LogP contribution in [0.25, 0.3) is 0 Å². The number of hydrogen-bond donors (Lipinski definition) is 2. The van der Waals surface area contributed by atoms with E-state index in [1.165, 1.54) is 0 Å². The molecule has 17 heavy (non-hydrogen) atoms. The predicted octanol–water partition coefficient (Wildman–Crippen LogP) is 1.21. The van der Waals surface area contributed by atoms with Crippen molar-refractivity contribution < 1.29 is 4.79 Å². The standard InChI is InChI=1S/C12H17N3OS/c1-3-15(2)8-11(16)14-10-6-4-9(5-7-10)12(13)17/h4-7H,3,8H2,1-2H3,(H2,13,17)(H,14,16). The Kier molecular flexibility index (Phi) is 5.06. The number of hydrogen-bond acceptors (Lipinski definition) is 3. The molecule has 0 aliphatic rings. The number of nitrogens with one attached hydrogen (secondary N) is 1. The number of likely N-dealkylation sites (N-methyl/N-ethyl adjacent to an activating group) is 1. The zero-order chi connectivity index (χ0) is 12.8. The Morgan fingerprint density at radius 2 is 2.00 bits per heavy atom. The smallest absolute Gasteiger partial charge is 0.238 e. The Morgan fingerprint density at radius 3 is 2.47 bits per heavy atom. The zero-order valence-corrected chi connectivity index (χ0v) is 10.9. The van der Waals surface area contributed by atoms with Crippen molar-refractivity contribution in [2.75, 3.05) is 25.5 Å². The molecule has 5 heteroatoms. The number of rotatable bonds is 5. The van der Waals surface area contributed by atoms with Crippen molar-refractivity contribution in [3.05, 3.63) is 29.8 Å². The molecule has 0 fully saturated rings. The first-order valence-corrected chi connectivity index (χ1v) is 5.82. The van der Waals surface area contributed by atoms with Crippen LogP contribution in [0.3, 0.4) is 0 Å². The van der Waals surface area contributed by atoms with Gasteiger partial charge in [-0.25, -0.2) is 0 Å². The second-order valence-electron chi connectivity index (χ2n) is 3.82. The average Bonchev–Trinajstić information content (AvgIpc) is 2.29. The van der Waals surface area contributed by atoms with Crippen LogP contribution < -0.4 is 11.1 Å². The van der Waals surface area contributed by atoms with Crippen molar-refractivity contribution in [1.29, 1.82) is 0 Å². The third-order valence-electron chi connectivity index (χ3n) is 2.41. The molecule has 1 aromatic carbocycles. The van der Waals surface area contributed by atoms with E-state index in [-0.39, 0.29) is 5.91 Å². The van der Waals surface area contributed by atoms with Crippen LogP contribution in [0.1, 0.15) is 12.5 Å². The van der Waals surface area contributed by atoms with Gasteiger partial charge in [0.05, 0.1) is 6.54 Å². The Labute approximate surface area is 107 Å². The summed E-state index contributed by atoms with van der Waals surface area (Å²) in [6.45, 7) is 3.23. The van der Waals surface area contributed by atoms with E-state index in [0.29, 0.717) is 11.5 Å². The largest absolute Gasteiger partial charge is 0.389 e. The van der Waals surface area contributed by atoms with E-state index in [1.807, 2.05) is 18.9 Å². The van der Waals surface area contributed by atoms with Gasteiger partial charge in [-0.15, -0.1) is 0 Å². The lowest BCUT2D eigenvalue weighted by atomic mass is 10.2. The lowest BCUT2D eigenvalue weighted by molar-refractivity contribution is -0.117. The van der Waals surface area contributed by atoms with Crippen molar-refractivity contribution in [3.8, 4) is 0 Å². The average molecular weight is 251 g/mol. The highest BCUT2D eigenvalue weighted by Gasteiger charge is 2.05. The van der Waals surface area contributed by atoms with Crippen molar-refractivity contribution in [3.63, 3.8) is 0 Å². The maximum absolute atomic E-state index is 11.6. The lowest BCUT2D eigenvalue weighted by Crippen LogP contribution is -2.29. The number of benzene rings is 1. The van der Waals surface area contributed by atoms with Crippen LogP contribution in [0.4, 0.5) is 5.69 Å². The Morgan fingerprint density at radius 1 is 1.41 bits per heavy atom. The van der Waals surface area contributed by atoms with Gasteiger partial charge >= 0.3 is 0 Å². The van der Waals surface area contributed by atoms with Gasteiger partial charge in [-0.2, -0.15) is 0 Å². The van der Waals surface area contributed by atoms with Gasteiger partial charge < -0.3 is 11.1 Å². The highest BCUT2D eigenvalue weighted by molar-refractivity contribution is 7.80. The molecule has 0 radical (unpaired) electrons. The minimum atomic E-state index is -0.0302. The van der Waals surface area contributed by atoms with Crippen LogP contribution in [0.15, 0.2) is 24.3 Å². The third kappa shape index (κ3) is 4.50. The SMILES string of the molecule is CCN(C)CC(=O)Nc1ccc(C(N)=S)cc1. The number of amides is 1. The van der Waals surface area contributed by atoms with E-state index in [9.17, 15) is 4.79 Å². The molecule has 0 atom stereocenters. The zero-order valence-electron chi connectivity index (χ0n) is 10.1. The fourth-order valence-electron chi connectivity index (χ4n) is 1.28. The van der Waals surface area contributed by atoms with Crippen LogP contribution in [-0.2, 0) is 4.79 Å². The third-order valence-corrected chi connectivity index (χ3v) is 2.64. The highest BCUT2D eigenvalue weighted by atomic mass is 32.1. The fraction of sp³-hybridized carbons (Fsp3) is 0.333. The molecule has 0 bridgehead atoms. The monoisotopic (exact) mass is 251 g/mol. The first kappa shape index (κ1) is 13.6. The Hall–Kier alpha value is -1.46.